The number of morpholine rings is 1. The van der Waals surface area contributed by atoms with Crippen LogP contribution in [0.2, 0.25) is 0 Å². The van der Waals surface area contributed by atoms with E-state index >= 15 is 0 Å². The van der Waals surface area contributed by atoms with E-state index in [2.05, 4.69) is 14.9 Å². The number of nitrogen functional groups attached to an aromatic ring is 1. The summed E-state index contributed by atoms with van der Waals surface area (Å²) >= 11 is 1.12. The fourth-order valence-corrected chi connectivity index (χ4v) is 4.02. The molecule has 0 aromatic carbocycles. The summed E-state index contributed by atoms with van der Waals surface area (Å²) in [6, 6.07) is 3.84. The molecule has 0 radical (unpaired) electrons. The predicted molar refractivity (Wildman–Crippen MR) is 106 cm³/mol. The summed E-state index contributed by atoms with van der Waals surface area (Å²) in [5.41, 5.74) is 12.4. The molecule has 4 rings (SSSR count). The Bertz CT molecular complexity index is 1010. The SMILES string of the molecule is Cc1ccc(-c2nc(OCCN3CCOCC3)nc3sc(C(N)=O)c(N)c23)o1. The Morgan fingerprint density at radius 1 is 1.32 bits per heavy atom. The standard InChI is InChI=1S/C18H21N5O4S/c1-10-2-3-11(27-10)14-12-13(19)15(16(20)24)28-17(12)22-18(21-14)26-9-6-23-4-7-25-8-5-23/h2-3H,4-9,19H2,1H3,(H2,20,24). The lowest BCUT2D eigenvalue weighted by atomic mass is 10.2. The number of carbonyl (C=O) groups excluding carboxylic acids is 1. The van der Waals surface area contributed by atoms with Gasteiger partial charge in [-0.25, -0.2) is 0 Å². The molecule has 28 heavy (non-hydrogen) atoms. The molecule has 3 aromatic rings. The number of carbonyl (C=O) groups is 1. The number of nitrogens with zero attached hydrogens (tertiary/aromatic N) is 3. The lowest BCUT2D eigenvalue weighted by Gasteiger charge is -2.26. The highest BCUT2D eigenvalue weighted by molar-refractivity contribution is 7.21. The van der Waals surface area contributed by atoms with Crippen molar-refractivity contribution in [1.82, 2.24) is 14.9 Å². The Labute approximate surface area is 165 Å². The molecule has 3 aromatic heterocycles. The van der Waals surface area contributed by atoms with Gasteiger partial charge in [0.15, 0.2) is 5.76 Å². The van der Waals surface area contributed by atoms with Gasteiger partial charge in [-0.05, 0) is 19.1 Å². The maximum atomic E-state index is 11.7. The van der Waals surface area contributed by atoms with Crippen molar-refractivity contribution in [2.24, 2.45) is 5.73 Å². The second kappa shape index (κ2) is 7.74. The number of primary amides is 1. The zero-order valence-electron chi connectivity index (χ0n) is 15.4. The smallest absolute Gasteiger partial charge is 0.318 e. The monoisotopic (exact) mass is 403 g/mol. The molecule has 9 nitrogen and oxygen atoms in total. The number of hydrogen-bond donors (Lipinski definition) is 2. The third-order valence-electron chi connectivity index (χ3n) is 4.51. The van der Waals surface area contributed by atoms with Crippen LogP contribution in [0.1, 0.15) is 15.4 Å². The van der Waals surface area contributed by atoms with Gasteiger partial charge in [-0.2, -0.15) is 9.97 Å². The molecule has 0 spiro atoms. The first-order chi connectivity index (χ1) is 13.5. The fourth-order valence-electron chi connectivity index (χ4n) is 3.08. The second-order valence-electron chi connectivity index (χ2n) is 6.46. The van der Waals surface area contributed by atoms with Crippen LogP contribution in [0.25, 0.3) is 21.7 Å². The number of hydrogen-bond acceptors (Lipinski definition) is 9. The summed E-state index contributed by atoms with van der Waals surface area (Å²) < 4.78 is 16.9. The molecule has 1 amide bonds. The molecule has 1 saturated heterocycles. The third kappa shape index (κ3) is 3.66. The Morgan fingerprint density at radius 3 is 2.79 bits per heavy atom. The molecule has 0 aliphatic carbocycles. The molecule has 1 aliphatic rings. The number of aromatic nitrogens is 2. The Balaban J connectivity index is 1.66. The number of ether oxygens (including phenoxy) is 2. The van der Waals surface area contributed by atoms with Crippen molar-refractivity contribution in [1.29, 1.82) is 0 Å². The molecule has 0 atom stereocenters. The van der Waals surface area contributed by atoms with Crippen molar-refractivity contribution in [2.45, 2.75) is 6.92 Å². The second-order valence-corrected chi connectivity index (χ2v) is 7.46. The number of aryl methyl sites for hydroxylation is 1. The third-order valence-corrected chi connectivity index (χ3v) is 5.62. The van der Waals surface area contributed by atoms with Gasteiger partial charge in [0.05, 0.1) is 24.3 Å². The lowest BCUT2D eigenvalue weighted by Crippen LogP contribution is -2.38. The first kappa shape index (κ1) is 18.7. The van der Waals surface area contributed by atoms with Crippen LogP contribution >= 0.6 is 11.3 Å². The minimum Gasteiger partial charge on any atom is -0.462 e. The molecule has 4 N–H and O–H groups in total. The molecule has 0 unspecified atom stereocenters. The Kier molecular flexibility index (Phi) is 5.16. The van der Waals surface area contributed by atoms with Gasteiger partial charge in [-0.15, -0.1) is 11.3 Å². The van der Waals surface area contributed by atoms with Crippen LogP contribution in [0.4, 0.5) is 5.69 Å². The molecule has 4 heterocycles. The number of nitrogens with two attached hydrogens (primary N) is 2. The molecule has 10 heteroatoms. The largest absolute Gasteiger partial charge is 0.462 e. The predicted octanol–water partition coefficient (Wildman–Crippen LogP) is 1.65. The number of rotatable bonds is 6. The van der Waals surface area contributed by atoms with E-state index in [0.29, 0.717) is 28.3 Å². The molecule has 1 aliphatic heterocycles. The number of furan rings is 1. The van der Waals surface area contributed by atoms with Crippen molar-refractivity contribution in [3.05, 3.63) is 22.8 Å². The van der Waals surface area contributed by atoms with Crippen LogP contribution in [0.5, 0.6) is 6.01 Å². The normalized spacial score (nSPS) is 15.2. The van der Waals surface area contributed by atoms with Gasteiger partial charge in [0.2, 0.25) is 0 Å². The van der Waals surface area contributed by atoms with Crippen LogP contribution in [0, 0.1) is 6.92 Å². The molecular formula is C18H21N5O4S. The summed E-state index contributed by atoms with van der Waals surface area (Å²) in [6.45, 7) is 6.25. The topological polar surface area (TPSA) is 130 Å². The molecule has 1 fully saturated rings. The van der Waals surface area contributed by atoms with Crippen molar-refractivity contribution < 1.29 is 18.7 Å². The van der Waals surface area contributed by atoms with Crippen LogP contribution in [0.15, 0.2) is 16.5 Å². The molecule has 148 valence electrons. The van der Waals surface area contributed by atoms with Crippen molar-refractivity contribution in [2.75, 3.05) is 45.2 Å². The van der Waals surface area contributed by atoms with Gasteiger partial charge < -0.3 is 25.4 Å². The number of anilines is 1. The van der Waals surface area contributed by atoms with E-state index in [9.17, 15) is 4.79 Å². The van der Waals surface area contributed by atoms with Gasteiger partial charge >= 0.3 is 6.01 Å². The van der Waals surface area contributed by atoms with E-state index < -0.39 is 5.91 Å². The maximum absolute atomic E-state index is 11.7. The highest BCUT2D eigenvalue weighted by atomic mass is 32.1. The van der Waals surface area contributed by atoms with Crippen LogP contribution in [-0.4, -0.2) is 60.2 Å². The zero-order chi connectivity index (χ0) is 19.7. The van der Waals surface area contributed by atoms with Crippen LogP contribution in [-0.2, 0) is 4.74 Å². The van der Waals surface area contributed by atoms with Crippen molar-refractivity contribution >= 4 is 33.1 Å². The average Bonchev–Trinajstić information content (AvgIpc) is 3.26. The minimum absolute atomic E-state index is 0.210. The lowest BCUT2D eigenvalue weighted by molar-refractivity contribution is 0.0317. The Hall–Kier alpha value is -2.69. The van der Waals surface area contributed by atoms with Crippen LogP contribution < -0.4 is 16.2 Å². The maximum Gasteiger partial charge on any atom is 0.318 e. The first-order valence-corrected chi connectivity index (χ1v) is 9.74. The number of fused-ring (bicyclic) bond motifs is 1. The fraction of sp³-hybridized carbons (Fsp3) is 0.389. The summed E-state index contributed by atoms with van der Waals surface area (Å²) in [5, 5.41) is 0.550. The summed E-state index contributed by atoms with van der Waals surface area (Å²) in [6.07, 6.45) is 0. The molecule has 0 saturated carbocycles. The van der Waals surface area contributed by atoms with Gasteiger partial charge in [-0.1, -0.05) is 0 Å². The van der Waals surface area contributed by atoms with Gasteiger partial charge in [0, 0.05) is 19.6 Å². The minimum atomic E-state index is -0.600. The first-order valence-electron chi connectivity index (χ1n) is 8.92. The van der Waals surface area contributed by atoms with Gasteiger partial charge in [-0.3, -0.25) is 9.69 Å². The summed E-state index contributed by atoms with van der Waals surface area (Å²) in [7, 11) is 0. The average molecular weight is 403 g/mol. The highest BCUT2D eigenvalue weighted by Crippen LogP contribution is 2.39. The summed E-state index contributed by atoms with van der Waals surface area (Å²) in [5.74, 6) is 0.667. The van der Waals surface area contributed by atoms with Gasteiger partial charge in [0.1, 0.15) is 27.8 Å². The van der Waals surface area contributed by atoms with E-state index in [1.165, 1.54) is 0 Å². The molecule has 0 bridgehead atoms. The zero-order valence-corrected chi connectivity index (χ0v) is 16.3. The number of thiophene rings is 1. The van der Waals surface area contributed by atoms with Gasteiger partial charge in [0.25, 0.3) is 5.91 Å². The Morgan fingerprint density at radius 2 is 2.11 bits per heavy atom. The van der Waals surface area contributed by atoms with Crippen LogP contribution in [0.3, 0.4) is 0 Å². The van der Waals surface area contributed by atoms with E-state index in [4.69, 9.17) is 25.4 Å². The summed E-state index contributed by atoms with van der Waals surface area (Å²) in [4.78, 5) is 23.7. The number of amides is 1. The van der Waals surface area contributed by atoms with E-state index in [1.54, 1.807) is 6.07 Å². The highest BCUT2D eigenvalue weighted by Gasteiger charge is 2.23. The van der Waals surface area contributed by atoms with Crippen molar-refractivity contribution in [3.63, 3.8) is 0 Å². The van der Waals surface area contributed by atoms with E-state index in [0.717, 1.165) is 49.9 Å². The van der Waals surface area contributed by atoms with E-state index in [-0.39, 0.29) is 16.6 Å². The van der Waals surface area contributed by atoms with E-state index in [1.807, 2.05) is 13.0 Å². The van der Waals surface area contributed by atoms with Crippen molar-refractivity contribution in [3.8, 4) is 17.5 Å². The molecular weight excluding hydrogens is 382 g/mol. The quantitative estimate of drug-likeness (QED) is 0.635.